The van der Waals surface area contributed by atoms with Gasteiger partial charge in [0.1, 0.15) is 0 Å². The molecule has 0 aliphatic carbocycles. The normalized spacial score (nSPS) is 18.2. The molecule has 1 amide bonds. The molecule has 0 atom stereocenters. The van der Waals surface area contributed by atoms with Crippen LogP contribution in [0.15, 0.2) is 18.3 Å². The topological polar surface area (TPSA) is 47.4 Å². The fourth-order valence-electron chi connectivity index (χ4n) is 2.31. The zero-order valence-electron chi connectivity index (χ0n) is 11.7. The SMILES string of the molecule is Cn1ncc2cc(CN3OCC(C)(C)C3=O)c(Cl)cc21. The Labute approximate surface area is 122 Å². The van der Waals surface area contributed by atoms with Gasteiger partial charge in [-0.05, 0) is 31.5 Å². The number of nitrogens with zero attached hydrogens (tertiary/aromatic N) is 3. The van der Waals surface area contributed by atoms with Crippen LogP contribution in [0.1, 0.15) is 19.4 Å². The van der Waals surface area contributed by atoms with Gasteiger partial charge >= 0.3 is 0 Å². The number of aryl methyl sites for hydroxylation is 1. The number of carbonyl (C=O) groups is 1. The zero-order chi connectivity index (χ0) is 14.5. The zero-order valence-corrected chi connectivity index (χ0v) is 12.4. The van der Waals surface area contributed by atoms with Gasteiger partial charge in [-0.2, -0.15) is 5.10 Å². The maximum atomic E-state index is 12.2. The van der Waals surface area contributed by atoms with E-state index in [-0.39, 0.29) is 5.91 Å². The Balaban J connectivity index is 1.92. The summed E-state index contributed by atoms with van der Waals surface area (Å²) >= 11 is 6.29. The molecular formula is C14H16ClN3O2. The first kappa shape index (κ1) is 13.4. The molecular weight excluding hydrogens is 278 g/mol. The van der Waals surface area contributed by atoms with Crippen molar-refractivity contribution >= 4 is 28.4 Å². The molecule has 0 saturated carbocycles. The van der Waals surface area contributed by atoms with Crippen LogP contribution in [-0.4, -0.2) is 27.4 Å². The number of hydrogen-bond donors (Lipinski definition) is 0. The second kappa shape index (κ2) is 4.46. The minimum atomic E-state index is -0.467. The van der Waals surface area contributed by atoms with Crippen molar-refractivity contribution in [3.8, 4) is 0 Å². The summed E-state index contributed by atoms with van der Waals surface area (Å²) < 4.78 is 1.77. The quantitative estimate of drug-likeness (QED) is 0.855. The summed E-state index contributed by atoms with van der Waals surface area (Å²) in [5.74, 6) is -0.0140. The Bertz CT molecular complexity index is 693. The van der Waals surface area contributed by atoms with E-state index >= 15 is 0 Å². The Morgan fingerprint density at radius 3 is 2.85 bits per heavy atom. The van der Waals surface area contributed by atoms with Gasteiger partial charge in [0.05, 0.1) is 30.3 Å². The standard InChI is InChI=1S/C14H16ClN3O2/c1-14(2)8-20-18(13(14)19)7-10-4-9-6-16-17(3)12(9)5-11(10)15/h4-6H,7-8H2,1-3H3. The van der Waals surface area contributed by atoms with E-state index in [1.165, 1.54) is 5.06 Å². The van der Waals surface area contributed by atoms with E-state index in [9.17, 15) is 4.79 Å². The van der Waals surface area contributed by atoms with E-state index in [4.69, 9.17) is 16.4 Å². The molecule has 1 aliphatic heterocycles. The summed E-state index contributed by atoms with van der Waals surface area (Å²) in [6.45, 7) is 4.51. The van der Waals surface area contributed by atoms with Gasteiger partial charge in [-0.25, -0.2) is 5.06 Å². The van der Waals surface area contributed by atoms with Gasteiger partial charge in [0.2, 0.25) is 0 Å². The molecule has 0 bridgehead atoms. The molecule has 3 rings (SSSR count). The Kier molecular flexibility index (Phi) is 2.99. The lowest BCUT2D eigenvalue weighted by molar-refractivity contribution is -0.165. The predicted molar refractivity (Wildman–Crippen MR) is 76.0 cm³/mol. The molecule has 1 aromatic carbocycles. The molecule has 0 spiro atoms. The van der Waals surface area contributed by atoms with Crippen molar-refractivity contribution in [2.75, 3.05) is 6.61 Å². The van der Waals surface area contributed by atoms with Crippen molar-refractivity contribution in [2.24, 2.45) is 12.5 Å². The monoisotopic (exact) mass is 293 g/mol. The number of rotatable bonds is 2. The van der Waals surface area contributed by atoms with Gasteiger partial charge in [0.15, 0.2) is 0 Å². The fourth-order valence-corrected chi connectivity index (χ4v) is 2.53. The summed E-state index contributed by atoms with van der Waals surface area (Å²) in [7, 11) is 1.87. The molecule has 5 nitrogen and oxygen atoms in total. The van der Waals surface area contributed by atoms with Crippen molar-refractivity contribution in [3.05, 3.63) is 28.9 Å². The summed E-state index contributed by atoms with van der Waals surface area (Å²) in [5, 5.41) is 7.20. The number of fused-ring (bicyclic) bond motifs is 1. The van der Waals surface area contributed by atoms with Gasteiger partial charge in [-0.15, -0.1) is 0 Å². The highest BCUT2D eigenvalue weighted by atomic mass is 35.5. The summed E-state index contributed by atoms with van der Waals surface area (Å²) in [6, 6.07) is 3.82. The lowest BCUT2D eigenvalue weighted by atomic mass is 9.95. The number of hydroxylamine groups is 2. The van der Waals surface area contributed by atoms with E-state index < -0.39 is 5.41 Å². The number of aromatic nitrogens is 2. The molecule has 20 heavy (non-hydrogen) atoms. The van der Waals surface area contributed by atoms with E-state index in [2.05, 4.69) is 5.10 Å². The third-order valence-corrected chi connectivity index (χ3v) is 3.97. The van der Waals surface area contributed by atoms with Crippen LogP contribution in [0.25, 0.3) is 10.9 Å². The second-order valence-corrected chi connectivity index (χ2v) is 6.18. The van der Waals surface area contributed by atoms with Crippen molar-refractivity contribution < 1.29 is 9.63 Å². The number of hydrogen-bond acceptors (Lipinski definition) is 3. The number of halogens is 1. The van der Waals surface area contributed by atoms with Crippen LogP contribution in [0.5, 0.6) is 0 Å². The molecule has 1 aromatic heterocycles. The largest absolute Gasteiger partial charge is 0.272 e. The average Bonchev–Trinajstić information content (AvgIpc) is 2.86. The lowest BCUT2D eigenvalue weighted by Gasteiger charge is -2.17. The molecule has 0 unspecified atom stereocenters. The Hall–Kier alpha value is -1.59. The highest BCUT2D eigenvalue weighted by molar-refractivity contribution is 6.32. The van der Waals surface area contributed by atoms with Gasteiger partial charge in [-0.1, -0.05) is 11.6 Å². The third-order valence-electron chi connectivity index (χ3n) is 3.62. The first-order valence-electron chi connectivity index (χ1n) is 6.43. The van der Waals surface area contributed by atoms with Crippen molar-refractivity contribution in [1.82, 2.24) is 14.8 Å². The molecule has 2 aromatic rings. The van der Waals surface area contributed by atoms with Crippen LogP contribution in [0, 0.1) is 5.41 Å². The van der Waals surface area contributed by atoms with Crippen LogP contribution in [0.2, 0.25) is 5.02 Å². The predicted octanol–water partition coefficient (Wildman–Crippen LogP) is 2.53. The number of benzene rings is 1. The van der Waals surface area contributed by atoms with Crippen molar-refractivity contribution in [3.63, 3.8) is 0 Å². The van der Waals surface area contributed by atoms with Crippen LogP contribution < -0.4 is 0 Å². The van der Waals surface area contributed by atoms with Gasteiger partial charge in [0.25, 0.3) is 5.91 Å². The van der Waals surface area contributed by atoms with Crippen LogP contribution in [-0.2, 0) is 23.2 Å². The van der Waals surface area contributed by atoms with Crippen molar-refractivity contribution in [2.45, 2.75) is 20.4 Å². The second-order valence-electron chi connectivity index (χ2n) is 5.77. The minimum absolute atomic E-state index is 0.0140. The molecule has 1 saturated heterocycles. The molecule has 106 valence electrons. The third kappa shape index (κ3) is 2.07. The molecule has 1 fully saturated rings. The maximum Gasteiger partial charge on any atom is 0.254 e. The summed E-state index contributed by atoms with van der Waals surface area (Å²) in [5.41, 5.74) is 1.36. The van der Waals surface area contributed by atoms with Crippen LogP contribution >= 0.6 is 11.6 Å². The first-order chi connectivity index (χ1) is 9.38. The Morgan fingerprint density at radius 2 is 2.20 bits per heavy atom. The molecule has 0 radical (unpaired) electrons. The van der Waals surface area contributed by atoms with E-state index in [1.807, 2.05) is 33.0 Å². The van der Waals surface area contributed by atoms with E-state index in [0.29, 0.717) is 18.2 Å². The van der Waals surface area contributed by atoms with Crippen LogP contribution in [0.3, 0.4) is 0 Å². The highest BCUT2D eigenvalue weighted by Crippen LogP contribution is 2.31. The lowest BCUT2D eigenvalue weighted by Crippen LogP contribution is -2.30. The summed E-state index contributed by atoms with van der Waals surface area (Å²) in [6.07, 6.45) is 1.78. The molecule has 2 heterocycles. The van der Waals surface area contributed by atoms with E-state index in [0.717, 1.165) is 16.5 Å². The average molecular weight is 294 g/mol. The Morgan fingerprint density at radius 1 is 1.45 bits per heavy atom. The first-order valence-corrected chi connectivity index (χ1v) is 6.81. The minimum Gasteiger partial charge on any atom is -0.272 e. The smallest absolute Gasteiger partial charge is 0.254 e. The van der Waals surface area contributed by atoms with E-state index in [1.54, 1.807) is 10.9 Å². The fraction of sp³-hybridized carbons (Fsp3) is 0.429. The van der Waals surface area contributed by atoms with Gasteiger partial charge in [0, 0.05) is 17.5 Å². The van der Waals surface area contributed by atoms with Gasteiger partial charge < -0.3 is 0 Å². The summed E-state index contributed by atoms with van der Waals surface area (Å²) in [4.78, 5) is 17.6. The molecule has 1 aliphatic rings. The number of carbonyl (C=O) groups excluding carboxylic acids is 1. The number of amides is 1. The maximum absolute atomic E-state index is 12.2. The highest BCUT2D eigenvalue weighted by Gasteiger charge is 2.40. The van der Waals surface area contributed by atoms with Crippen LogP contribution in [0.4, 0.5) is 0 Å². The van der Waals surface area contributed by atoms with Crippen molar-refractivity contribution in [1.29, 1.82) is 0 Å². The van der Waals surface area contributed by atoms with Gasteiger partial charge in [-0.3, -0.25) is 14.3 Å². The molecule has 6 heteroatoms. The molecule has 0 N–H and O–H groups in total.